The highest BCUT2D eigenvalue weighted by Crippen LogP contribution is 2.08. The first-order valence-corrected chi connectivity index (χ1v) is 5.02. The fourth-order valence-corrected chi connectivity index (χ4v) is 1.44. The molecule has 0 saturated carbocycles. The molecule has 0 aliphatic heterocycles. The second-order valence-electron chi connectivity index (χ2n) is 3.44. The first-order valence-electron chi connectivity index (χ1n) is 5.02. The second kappa shape index (κ2) is 4.76. The molecule has 0 aliphatic rings. The molecule has 0 radical (unpaired) electrons. The first kappa shape index (κ1) is 10.6. The van der Waals surface area contributed by atoms with Crippen LogP contribution in [0, 0.1) is 0 Å². The third-order valence-corrected chi connectivity index (χ3v) is 2.19. The zero-order chi connectivity index (χ0) is 11.4. The van der Waals surface area contributed by atoms with Crippen LogP contribution in [0.1, 0.15) is 11.5 Å². The largest absolute Gasteiger partial charge is 0.463 e. The molecule has 0 atom stereocenters. The van der Waals surface area contributed by atoms with Crippen LogP contribution < -0.4 is 10.9 Å². The van der Waals surface area contributed by atoms with Crippen molar-refractivity contribution < 1.29 is 4.42 Å². The van der Waals surface area contributed by atoms with Gasteiger partial charge in [-0.2, -0.15) is 0 Å². The first-order chi connectivity index (χ1) is 7.79. The Bertz CT molecular complexity index is 516. The van der Waals surface area contributed by atoms with Gasteiger partial charge in [-0.15, -0.1) is 0 Å². The van der Waals surface area contributed by atoms with Gasteiger partial charge in [-0.1, -0.05) is 0 Å². The summed E-state index contributed by atoms with van der Waals surface area (Å²) in [7, 11) is 1.85. The second-order valence-corrected chi connectivity index (χ2v) is 3.44. The molecule has 2 heterocycles. The van der Waals surface area contributed by atoms with E-state index in [-0.39, 0.29) is 5.56 Å². The van der Waals surface area contributed by atoms with Gasteiger partial charge in [0.25, 0.3) is 5.56 Å². The fourth-order valence-electron chi connectivity index (χ4n) is 1.44. The molecule has 5 nitrogen and oxygen atoms in total. The average Bonchev–Trinajstić information content (AvgIpc) is 2.70. The lowest BCUT2D eigenvalue weighted by molar-refractivity contribution is 0.441. The Labute approximate surface area is 92.7 Å². The predicted molar refractivity (Wildman–Crippen MR) is 59.1 cm³/mol. The quantitative estimate of drug-likeness (QED) is 0.818. The predicted octanol–water partition coefficient (Wildman–Crippen LogP) is 0.604. The molecule has 0 fully saturated rings. The minimum Gasteiger partial charge on any atom is -0.463 e. The highest BCUT2D eigenvalue weighted by Gasteiger charge is 2.03. The van der Waals surface area contributed by atoms with E-state index in [4.69, 9.17) is 4.42 Å². The maximum absolute atomic E-state index is 11.4. The van der Waals surface area contributed by atoms with E-state index < -0.39 is 0 Å². The molecule has 2 rings (SSSR count). The van der Waals surface area contributed by atoms with E-state index in [1.54, 1.807) is 0 Å². The third-order valence-electron chi connectivity index (χ3n) is 2.19. The van der Waals surface area contributed by atoms with Crippen molar-refractivity contribution in [2.45, 2.75) is 13.1 Å². The van der Waals surface area contributed by atoms with Gasteiger partial charge in [-0.3, -0.25) is 9.36 Å². The number of hydrogen-bond donors (Lipinski definition) is 1. The zero-order valence-corrected chi connectivity index (χ0v) is 9.01. The number of furan rings is 1. The van der Waals surface area contributed by atoms with Crippen LogP contribution in [0.5, 0.6) is 0 Å². The number of nitrogens with zero attached hydrogens (tertiary/aromatic N) is 2. The van der Waals surface area contributed by atoms with Crippen LogP contribution in [0.2, 0.25) is 0 Å². The Hall–Kier alpha value is -1.88. The summed E-state index contributed by atoms with van der Waals surface area (Å²) in [5.74, 6) is 1.61. The van der Waals surface area contributed by atoms with E-state index in [0.29, 0.717) is 13.1 Å². The Morgan fingerprint density at radius 1 is 1.38 bits per heavy atom. The SMILES string of the molecule is CNCc1ccc(Cn2cnccc2=O)o1. The number of nitrogens with one attached hydrogen (secondary N) is 1. The molecule has 0 spiro atoms. The van der Waals surface area contributed by atoms with Crippen LogP contribution in [0.3, 0.4) is 0 Å². The van der Waals surface area contributed by atoms with Gasteiger partial charge >= 0.3 is 0 Å². The summed E-state index contributed by atoms with van der Waals surface area (Å²) < 4.78 is 7.03. The summed E-state index contributed by atoms with van der Waals surface area (Å²) >= 11 is 0. The fraction of sp³-hybridized carbons (Fsp3) is 0.273. The summed E-state index contributed by atoms with van der Waals surface area (Å²) in [6.07, 6.45) is 2.98. The van der Waals surface area contributed by atoms with Crippen molar-refractivity contribution in [3.63, 3.8) is 0 Å². The summed E-state index contributed by atoms with van der Waals surface area (Å²) in [6.45, 7) is 1.10. The molecule has 0 amide bonds. The summed E-state index contributed by atoms with van der Waals surface area (Å²) in [4.78, 5) is 15.3. The van der Waals surface area contributed by atoms with Gasteiger partial charge < -0.3 is 9.73 Å². The lowest BCUT2D eigenvalue weighted by Crippen LogP contribution is -2.18. The molecule has 16 heavy (non-hydrogen) atoms. The number of hydrogen-bond acceptors (Lipinski definition) is 4. The van der Waals surface area contributed by atoms with Crippen molar-refractivity contribution in [3.05, 3.63) is 52.6 Å². The zero-order valence-electron chi connectivity index (χ0n) is 9.01. The van der Waals surface area contributed by atoms with Gasteiger partial charge in [0.15, 0.2) is 0 Å². The van der Waals surface area contributed by atoms with Gasteiger partial charge in [0, 0.05) is 12.3 Å². The summed E-state index contributed by atoms with van der Waals surface area (Å²) in [5, 5.41) is 3.00. The van der Waals surface area contributed by atoms with Crippen molar-refractivity contribution in [3.8, 4) is 0 Å². The molecule has 0 bridgehead atoms. The maximum atomic E-state index is 11.4. The van der Waals surface area contributed by atoms with Crippen molar-refractivity contribution in [2.24, 2.45) is 0 Å². The Morgan fingerprint density at radius 2 is 2.19 bits per heavy atom. The monoisotopic (exact) mass is 219 g/mol. The highest BCUT2D eigenvalue weighted by molar-refractivity contribution is 5.07. The number of aromatic nitrogens is 2. The van der Waals surface area contributed by atoms with E-state index >= 15 is 0 Å². The highest BCUT2D eigenvalue weighted by atomic mass is 16.3. The van der Waals surface area contributed by atoms with Gasteiger partial charge in [0.1, 0.15) is 11.5 Å². The molecule has 1 N–H and O–H groups in total. The van der Waals surface area contributed by atoms with Gasteiger partial charge in [0.2, 0.25) is 0 Å². The molecule has 2 aromatic rings. The molecule has 5 heteroatoms. The van der Waals surface area contributed by atoms with Crippen molar-refractivity contribution >= 4 is 0 Å². The van der Waals surface area contributed by atoms with Crippen molar-refractivity contribution in [1.29, 1.82) is 0 Å². The average molecular weight is 219 g/mol. The maximum Gasteiger partial charge on any atom is 0.253 e. The van der Waals surface area contributed by atoms with Crippen molar-refractivity contribution in [2.75, 3.05) is 7.05 Å². The Balaban J connectivity index is 2.15. The summed E-state index contributed by atoms with van der Waals surface area (Å²) in [5.41, 5.74) is -0.0819. The van der Waals surface area contributed by atoms with Crippen LogP contribution in [0.4, 0.5) is 0 Å². The Kier molecular flexibility index (Phi) is 3.16. The molecular weight excluding hydrogens is 206 g/mol. The smallest absolute Gasteiger partial charge is 0.253 e. The normalized spacial score (nSPS) is 10.6. The van der Waals surface area contributed by atoms with Crippen LogP contribution in [-0.4, -0.2) is 16.6 Å². The minimum absolute atomic E-state index is 0.0819. The number of rotatable bonds is 4. The van der Waals surface area contributed by atoms with Gasteiger partial charge in [-0.05, 0) is 19.2 Å². The molecule has 84 valence electrons. The van der Waals surface area contributed by atoms with Crippen LogP contribution in [-0.2, 0) is 13.1 Å². The van der Waals surface area contributed by atoms with Crippen LogP contribution in [0.25, 0.3) is 0 Å². The van der Waals surface area contributed by atoms with E-state index in [2.05, 4.69) is 10.3 Å². The lowest BCUT2D eigenvalue weighted by Gasteiger charge is -2.00. The van der Waals surface area contributed by atoms with Crippen LogP contribution in [0.15, 0.2) is 39.9 Å². The minimum atomic E-state index is -0.0819. The summed E-state index contributed by atoms with van der Waals surface area (Å²) in [6, 6.07) is 5.19. The van der Waals surface area contributed by atoms with E-state index in [1.165, 1.54) is 23.2 Å². The molecule has 2 aromatic heterocycles. The topological polar surface area (TPSA) is 60.1 Å². The van der Waals surface area contributed by atoms with Gasteiger partial charge in [-0.25, -0.2) is 4.98 Å². The molecule has 0 saturated heterocycles. The molecule has 0 aliphatic carbocycles. The lowest BCUT2D eigenvalue weighted by atomic mass is 10.4. The van der Waals surface area contributed by atoms with E-state index in [9.17, 15) is 4.79 Å². The third kappa shape index (κ3) is 2.38. The standard InChI is InChI=1S/C11H13N3O2/c1-12-6-9-2-3-10(16-9)7-14-8-13-5-4-11(14)15/h2-5,8,12H,6-7H2,1H3. The van der Waals surface area contributed by atoms with E-state index in [1.807, 2.05) is 19.2 Å². The van der Waals surface area contributed by atoms with Gasteiger partial charge in [0.05, 0.1) is 19.4 Å². The van der Waals surface area contributed by atoms with Crippen molar-refractivity contribution in [1.82, 2.24) is 14.9 Å². The van der Waals surface area contributed by atoms with Crippen LogP contribution >= 0.6 is 0 Å². The molecule has 0 unspecified atom stereocenters. The van der Waals surface area contributed by atoms with E-state index in [0.717, 1.165) is 11.5 Å². The molecule has 0 aromatic carbocycles. The molecular formula is C11H13N3O2. The Morgan fingerprint density at radius 3 is 2.94 bits per heavy atom.